The van der Waals surface area contributed by atoms with Crippen molar-refractivity contribution in [3.63, 3.8) is 0 Å². The fourth-order valence-electron chi connectivity index (χ4n) is 2.31. The average molecular weight is 310 g/mol. The molecule has 114 valence electrons. The second-order valence-corrected chi connectivity index (χ2v) is 4.58. The summed E-state index contributed by atoms with van der Waals surface area (Å²) in [6, 6.07) is 11.9. The van der Waals surface area contributed by atoms with E-state index in [1.54, 1.807) is 36.4 Å². The maximum Gasteiger partial charge on any atom is 0.426 e. The predicted molar refractivity (Wildman–Crippen MR) is 72.6 cm³/mol. The minimum Gasteiger partial charge on any atom is -0.479 e. The lowest BCUT2D eigenvalue weighted by molar-refractivity contribution is -0.141. The van der Waals surface area contributed by atoms with Crippen molar-refractivity contribution in [1.29, 1.82) is 0 Å². The van der Waals surface area contributed by atoms with Crippen LogP contribution in [0.15, 0.2) is 42.5 Å². The Morgan fingerprint density at radius 3 is 2.36 bits per heavy atom. The van der Waals surface area contributed by atoms with Gasteiger partial charge in [0, 0.05) is 5.39 Å². The van der Waals surface area contributed by atoms with Gasteiger partial charge in [0.2, 0.25) is 11.8 Å². The van der Waals surface area contributed by atoms with Crippen LogP contribution in [-0.2, 0) is 6.18 Å². The molecule has 0 fully saturated rings. The lowest BCUT2D eigenvalue weighted by atomic mass is 10.1. The molecule has 7 heteroatoms. The van der Waals surface area contributed by atoms with Gasteiger partial charge in [0.1, 0.15) is 0 Å². The molecule has 1 heterocycles. The number of benzene rings is 2. The van der Waals surface area contributed by atoms with E-state index in [4.69, 9.17) is 0 Å². The zero-order chi connectivity index (χ0) is 15.9. The quantitative estimate of drug-likeness (QED) is 0.664. The number of ether oxygens (including phenoxy) is 1. The van der Waals surface area contributed by atoms with Crippen LogP contribution in [0.25, 0.3) is 16.5 Å². The first kappa shape index (κ1) is 14.4. The summed E-state index contributed by atoms with van der Waals surface area (Å²) < 4.78 is 58.4. The molecule has 0 saturated carbocycles. The fourth-order valence-corrected chi connectivity index (χ4v) is 2.31. The van der Waals surface area contributed by atoms with Crippen molar-refractivity contribution in [1.82, 2.24) is 9.78 Å². The monoisotopic (exact) mass is 310 g/mol. The summed E-state index contributed by atoms with van der Waals surface area (Å²) in [7, 11) is 1.02. The summed E-state index contributed by atoms with van der Waals surface area (Å²) in [4.78, 5) is 0. The van der Waals surface area contributed by atoms with Gasteiger partial charge in [0.05, 0.1) is 12.8 Å². The third kappa shape index (κ3) is 2.18. The standard InChI is InChI=1S/C15H10F4N2O/c1-22-14-12(15(17,18)19)13(16)21(20-14)11-8-4-6-9-5-2-3-7-10(9)11/h2-8H,1H3. The van der Waals surface area contributed by atoms with E-state index < -0.39 is 23.6 Å². The van der Waals surface area contributed by atoms with Crippen molar-refractivity contribution in [2.75, 3.05) is 7.11 Å². The molecule has 0 aliphatic rings. The van der Waals surface area contributed by atoms with Crippen LogP contribution in [0.5, 0.6) is 5.88 Å². The number of methoxy groups -OCH3 is 1. The second kappa shape index (κ2) is 5.01. The van der Waals surface area contributed by atoms with Crippen LogP contribution in [0, 0.1) is 5.95 Å². The highest BCUT2D eigenvalue weighted by Crippen LogP contribution is 2.39. The van der Waals surface area contributed by atoms with Gasteiger partial charge in [-0.15, -0.1) is 5.10 Å². The smallest absolute Gasteiger partial charge is 0.426 e. The summed E-state index contributed by atoms with van der Waals surface area (Å²) in [5.74, 6) is -2.29. The molecule has 3 nitrogen and oxygen atoms in total. The summed E-state index contributed by atoms with van der Waals surface area (Å²) in [5, 5.41) is 4.97. The van der Waals surface area contributed by atoms with Crippen LogP contribution in [0.2, 0.25) is 0 Å². The molecule has 0 saturated heterocycles. The molecule has 0 unspecified atom stereocenters. The topological polar surface area (TPSA) is 27.1 Å². The molecule has 0 atom stereocenters. The van der Waals surface area contributed by atoms with Gasteiger partial charge in [-0.3, -0.25) is 0 Å². The van der Waals surface area contributed by atoms with E-state index in [1.807, 2.05) is 0 Å². The van der Waals surface area contributed by atoms with Gasteiger partial charge in [-0.25, -0.2) is 4.68 Å². The van der Waals surface area contributed by atoms with E-state index in [0.29, 0.717) is 10.1 Å². The third-order valence-electron chi connectivity index (χ3n) is 3.27. The number of hydrogen-bond donors (Lipinski definition) is 0. The Bertz CT molecular complexity index is 834. The number of nitrogens with zero attached hydrogens (tertiary/aromatic N) is 2. The highest BCUT2D eigenvalue weighted by Gasteiger charge is 2.42. The van der Waals surface area contributed by atoms with Crippen molar-refractivity contribution in [2.24, 2.45) is 0 Å². The van der Waals surface area contributed by atoms with Crippen molar-refractivity contribution in [2.45, 2.75) is 6.18 Å². The highest BCUT2D eigenvalue weighted by molar-refractivity contribution is 5.90. The van der Waals surface area contributed by atoms with Crippen molar-refractivity contribution >= 4 is 10.8 Å². The van der Waals surface area contributed by atoms with E-state index in [9.17, 15) is 17.6 Å². The van der Waals surface area contributed by atoms with Gasteiger partial charge in [0.25, 0.3) is 0 Å². The Morgan fingerprint density at radius 1 is 1.05 bits per heavy atom. The fraction of sp³-hybridized carbons (Fsp3) is 0.133. The minimum absolute atomic E-state index is 0.212. The average Bonchev–Trinajstić information content (AvgIpc) is 2.83. The zero-order valence-electron chi connectivity index (χ0n) is 11.4. The molecule has 0 aliphatic carbocycles. The summed E-state index contributed by atoms with van der Waals surface area (Å²) >= 11 is 0. The van der Waals surface area contributed by atoms with Crippen LogP contribution in [-0.4, -0.2) is 16.9 Å². The Kier molecular flexibility index (Phi) is 3.27. The molecule has 0 amide bonds. The Labute approximate surface area is 122 Å². The van der Waals surface area contributed by atoms with E-state index >= 15 is 0 Å². The molecule has 0 spiro atoms. The SMILES string of the molecule is COc1nn(-c2cccc3ccccc23)c(F)c1C(F)(F)F. The molecule has 0 radical (unpaired) electrons. The lowest BCUT2D eigenvalue weighted by Crippen LogP contribution is -2.09. The van der Waals surface area contributed by atoms with Crippen LogP contribution >= 0.6 is 0 Å². The molecule has 0 bridgehead atoms. The van der Waals surface area contributed by atoms with Crippen LogP contribution in [0.4, 0.5) is 17.6 Å². The molecule has 0 N–H and O–H groups in total. The van der Waals surface area contributed by atoms with Gasteiger partial charge < -0.3 is 4.74 Å². The highest BCUT2D eigenvalue weighted by atomic mass is 19.4. The summed E-state index contributed by atoms with van der Waals surface area (Å²) in [6.07, 6.45) is -4.89. The molecule has 2 aromatic carbocycles. The molecular formula is C15H10F4N2O. The van der Waals surface area contributed by atoms with Crippen molar-refractivity contribution in [3.8, 4) is 11.6 Å². The minimum atomic E-state index is -4.89. The maximum absolute atomic E-state index is 14.3. The largest absolute Gasteiger partial charge is 0.479 e. The van der Waals surface area contributed by atoms with Gasteiger partial charge >= 0.3 is 6.18 Å². The first-order valence-corrected chi connectivity index (χ1v) is 6.31. The normalized spacial score (nSPS) is 11.9. The first-order valence-electron chi connectivity index (χ1n) is 6.31. The van der Waals surface area contributed by atoms with Crippen molar-refractivity contribution in [3.05, 3.63) is 54.0 Å². The Hall–Kier alpha value is -2.57. The maximum atomic E-state index is 14.3. The molecule has 3 rings (SSSR count). The number of hydrogen-bond acceptors (Lipinski definition) is 2. The Balaban J connectivity index is 2.31. The van der Waals surface area contributed by atoms with E-state index in [0.717, 1.165) is 12.5 Å². The number of alkyl halides is 3. The van der Waals surface area contributed by atoms with E-state index in [-0.39, 0.29) is 5.69 Å². The van der Waals surface area contributed by atoms with Crippen molar-refractivity contribution < 1.29 is 22.3 Å². The van der Waals surface area contributed by atoms with Crippen LogP contribution in [0.3, 0.4) is 0 Å². The number of halogens is 4. The Morgan fingerprint density at radius 2 is 1.73 bits per heavy atom. The molecule has 0 aliphatic heterocycles. The van der Waals surface area contributed by atoms with Gasteiger partial charge in [-0.1, -0.05) is 36.4 Å². The number of fused-ring (bicyclic) bond motifs is 1. The third-order valence-corrected chi connectivity index (χ3v) is 3.27. The second-order valence-electron chi connectivity index (χ2n) is 4.58. The zero-order valence-corrected chi connectivity index (χ0v) is 11.4. The number of aromatic nitrogens is 2. The van der Waals surface area contributed by atoms with Gasteiger partial charge in [-0.05, 0) is 11.5 Å². The molecule has 22 heavy (non-hydrogen) atoms. The molecule has 1 aromatic heterocycles. The first-order chi connectivity index (χ1) is 10.4. The summed E-state index contributed by atoms with van der Waals surface area (Å²) in [6.45, 7) is 0. The van der Waals surface area contributed by atoms with E-state index in [2.05, 4.69) is 9.84 Å². The van der Waals surface area contributed by atoms with Gasteiger partial charge in [0.15, 0.2) is 5.56 Å². The van der Waals surface area contributed by atoms with Crippen LogP contribution < -0.4 is 4.74 Å². The number of rotatable bonds is 2. The molecule has 3 aromatic rings. The lowest BCUT2D eigenvalue weighted by Gasteiger charge is -2.07. The predicted octanol–water partition coefficient (Wildman–Crippen LogP) is 4.19. The van der Waals surface area contributed by atoms with E-state index in [1.165, 1.54) is 6.07 Å². The summed E-state index contributed by atoms with van der Waals surface area (Å²) in [5.41, 5.74) is -1.30. The molecular weight excluding hydrogens is 300 g/mol. The van der Waals surface area contributed by atoms with Crippen LogP contribution in [0.1, 0.15) is 5.56 Å². The van der Waals surface area contributed by atoms with Gasteiger partial charge in [-0.2, -0.15) is 17.6 Å².